The Morgan fingerprint density at radius 2 is 1.84 bits per heavy atom. The van der Waals surface area contributed by atoms with Crippen molar-refractivity contribution in [3.05, 3.63) is 67.8 Å². The maximum Gasteiger partial charge on any atom is 0.307 e. The summed E-state index contributed by atoms with van der Waals surface area (Å²) in [5.74, 6) is 0. The van der Waals surface area contributed by atoms with Crippen molar-refractivity contribution in [1.82, 2.24) is 9.47 Å². The van der Waals surface area contributed by atoms with Crippen molar-refractivity contribution in [2.24, 2.45) is 5.73 Å². The van der Waals surface area contributed by atoms with Gasteiger partial charge in [-0.25, -0.2) is 8.42 Å². The van der Waals surface area contributed by atoms with Crippen LogP contribution in [0.15, 0.2) is 51.7 Å². The molecule has 0 bridgehead atoms. The Morgan fingerprint density at radius 1 is 1.08 bits per heavy atom. The van der Waals surface area contributed by atoms with Gasteiger partial charge in [-0.2, -0.15) is 0 Å². The lowest BCUT2D eigenvalue weighted by Crippen LogP contribution is -2.28. The molecule has 202 valence electrons. The van der Waals surface area contributed by atoms with Gasteiger partial charge in [-0.15, -0.1) is 0 Å². The maximum absolute atomic E-state index is 12.8. The van der Waals surface area contributed by atoms with Gasteiger partial charge in [0.1, 0.15) is 0 Å². The molecule has 8 heteroatoms. The Morgan fingerprint density at radius 3 is 2.57 bits per heavy atom. The lowest BCUT2D eigenvalue weighted by molar-refractivity contribution is 0.270. The van der Waals surface area contributed by atoms with E-state index in [9.17, 15) is 13.2 Å². The van der Waals surface area contributed by atoms with Gasteiger partial charge in [-0.05, 0) is 81.3 Å². The normalized spacial score (nSPS) is 17.4. The predicted molar refractivity (Wildman–Crippen MR) is 154 cm³/mol. The number of aromatic nitrogens is 1. The number of thiazole rings is 1. The molecule has 4 rings (SSSR count). The first kappa shape index (κ1) is 28.0. The summed E-state index contributed by atoms with van der Waals surface area (Å²) in [4.78, 5) is 16.9. The Kier molecular flexibility index (Phi) is 9.62. The largest absolute Gasteiger partial charge is 0.323 e. The van der Waals surface area contributed by atoms with Gasteiger partial charge in [0.25, 0.3) is 0 Å². The van der Waals surface area contributed by atoms with Crippen molar-refractivity contribution < 1.29 is 8.42 Å². The number of allylic oxidation sites excluding steroid dienone is 3. The van der Waals surface area contributed by atoms with E-state index < -0.39 is 9.84 Å². The number of rotatable bonds is 13. The van der Waals surface area contributed by atoms with Gasteiger partial charge in [0, 0.05) is 25.4 Å². The molecule has 1 heterocycles. The summed E-state index contributed by atoms with van der Waals surface area (Å²) >= 11 is 1.34. The lowest BCUT2D eigenvalue weighted by atomic mass is 9.85. The molecule has 0 saturated carbocycles. The second-order valence-corrected chi connectivity index (χ2v) is 13.4. The Hall–Kier alpha value is -2.00. The minimum Gasteiger partial charge on any atom is -0.323 e. The standard InChI is InChI=1S/C29H41N3O3S2/c1-3-17-31(20-16-22-12-14-24(15-13-22)37(2,34)35)18-8-4-5-9-19-32-27-25-11-7-6-10-23(25)21-26(30)28(27)36-29(32)33/h7,11-15,26H,3-6,8-10,16-21,30H2,1-2H3/t26-/m0/s1. The molecule has 6 nitrogen and oxygen atoms in total. The summed E-state index contributed by atoms with van der Waals surface area (Å²) in [5, 5.41) is 0. The van der Waals surface area contributed by atoms with Gasteiger partial charge in [-0.3, -0.25) is 9.36 Å². The van der Waals surface area contributed by atoms with Crippen LogP contribution in [0.25, 0.3) is 5.57 Å². The van der Waals surface area contributed by atoms with Gasteiger partial charge >= 0.3 is 4.87 Å². The molecule has 2 N–H and O–H groups in total. The van der Waals surface area contributed by atoms with Crippen molar-refractivity contribution in [3.8, 4) is 0 Å². The van der Waals surface area contributed by atoms with Crippen LogP contribution in [0.3, 0.4) is 0 Å². The summed E-state index contributed by atoms with van der Waals surface area (Å²) < 4.78 is 25.3. The number of nitrogens with zero attached hydrogens (tertiary/aromatic N) is 2. The van der Waals surface area contributed by atoms with Gasteiger partial charge in [0.05, 0.1) is 15.5 Å². The third-order valence-corrected chi connectivity index (χ3v) is 9.71. The SMILES string of the molecule is CCCN(CCCCCCn1c2c(sc1=O)[C@@H](N)CC1=C2C=CCC1)CCc1ccc(S(C)(=O)=O)cc1. The maximum atomic E-state index is 12.8. The van der Waals surface area contributed by atoms with Crippen LogP contribution in [0.2, 0.25) is 0 Å². The number of benzene rings is 1. The third kappa shape index (κ3) is 7.11. The van der Waals surface area contributed by atoms with Crippen LogP contribution in [0.4, 0.5) is 0 Å². The van der Waals surface area contributed by atoms with Gasteiger partial charge in [-0.1, -0.05) is 61.0 Å². The third-order valence-electron chi connectivity index (χ3n) is 7.47. The van der Waals surface area contributed by atoms with Gasteiger partial charge < -0.3 is 10.6 Å². The molecule has 37 heavy (non-hydrogen) atoms. The molecular weight excluding hydrogens is 502 g/mol. The van der Waals surface area contributed by atoms with E-state index in [4.69, 9.17) is 5.73 Å². The van der Waals surface area contributed by atoms with E-state index in [1.807, 2.05) is 16.7 Å². The van der Waals surface area contributed by atoms with Crippen LogP contribution in [0.1, 0.15) is 80.5 Å². The second-order valence-electron chi connectivity index (χ2n) is 10.4. The molecular formula is C29H41N3O3S2. The molecule has 0 spiro atoms. The number of hydrogen-bond donors (Lipinski definition) is 1. The van der Waals surface area contributed by atoms with E-state index in [1.165, 1.54) is 34.3 Å². The minimum atomic E-state index is -3.15. The van der Waals surface area contributed by atoms with E-state index in [0.29, 0.717) is 4.90 Å². The van der Waals surface area contributed by atoms with E-state index in [1.54, 1.807) is 12.1 Å². The Labute approximate surface area is 225 Å². The summed E-state index contributed by atoms with van der Waals surface area (Å²) in [5.41, 5.74) is 11.4. The molecule has 0 unspecified atom stereocenters. The molecule has 0 amide bonds. The van der Waals surface area contributed by atoms with E-state index >= 15 is 0 Å². The van der Waals surface area contributed by atoms with Crippen molar-refractivity contribution in [2.45, 2.75) is 82.2 Å². The average molecular weight is 544 g/mol. The molecule has 2 aliphatic carbocycles. The molecule has 0 aliphatic heterocycles. The van der Waals surface area contributed by atoms with Crippen molar-refractivity contribution in [1.29, 1.82) is 0 Å². The Bertz CT molecular complexity index is 1290. The molecule has 2 aromatic rings. The zero-order chi connectivity index (χ0) is 26.4. The fraction of sp³-hybridized carbons (Fsp3) is 0.552. The lowest BCUT2D eigenvalue weighted by Gasteiger charge is -2.26. The number of nitrogens with two attached hydrogens (primary N) is 1. The summed E-state index contributed by atoms with van der Waals surface area (Å²) in [6.07, 6.45) is 15.1. The van der Waals surface area contributed by atoms with Gasteiger partial charge in [0.15, 0.2) is 9.84 Å². The minimum absolute atomic E-state index is 0.0404. The molecule has 1 atom stereocenters. The summed E-state index contributed by atoms with van der Waals surface area (Å²) in [7, 11) is -3.15. The smallest absolute Gasteiger partial charge is 0.307 e. The fourth-order valence-electron chi connectivity index (χ4n) is 5.48. The van der Waals surface area contributed by atoms with Crippen LogP contribution in [0, 0.1) is 0 Å². The van der Waals surface area contributed by atoms with E-state index in [-0.39, 0.29) is 10.9 Å². The van der Waals surface area contributed by atoms with Crippen molar-refractivity contribution in [3.63, 3.8) is 0 Å². The number of fused-ring (bicyclic) bond motifs is 2. The first-order chi connectivity index (χ1) is 17.8. The molecule has 1 aromatic carbocycles. The monoisotopic (exact) mass is 543 g/mol. The van der Waals surface area contributed by atoms with E-state index in [0.717, 1.165) is 94.5 Å². The van der Waals surface area contributed by atoms with Crippen LogP contribution in [0.5, 0.6) is 0 Å². The van der Waals surface area contributed by atoms with Crippen LogP contribution >= 0.6 is 11.3 Å². The molecule has 0 fully saturated rings. The first-order valence-electron chi connectivity index (χ1n) is 13.7. The van der Waals surface area contributed by atoms with E-state index in [2.05, 4.69) is 24.0 Å². The highest BCUT2D eigenvalue weighted by molar-refractivity contribution is 7.90. The zero-order valence-corrected chi connectivity index (χ0v) is 23.9. The molecule has 2 aliphatic rings. The number of unbranched alkanes of at least 4 members (excludes halogenated alkanes) is 3. The number of sulfone groups is 1. The van der Waals surface area contributed by atoms with Crippen LogP contribution in [-0.4, -0.2) is 43.8 Å². The summed E-state index contributed by atoms with van der Waals surface area (Å²) in [6, 6.07) is 7.24. The highest BCUT2D eigenvalue weighted by atomic mass is 32.2. The predicted octanol–water partition coefficient (Wildman–Crippen LogP) is 5.34. The first-order valence-corrected chi connectivity index (χ1v) is 16.4. The highest BCUT2D eigenvalue weighted by Gasteiger charge is 2.29. The summed E-state index contributed by atoms with van der Waals surface area (Å²) in [6.45, 7) is 6.10. The fourth-order valence-corrected chi connectivity index (χ4v) is 7.15. The second kappa shape index (κ2) is 12.7. The van der Waals surface area contributed by atoms with Gasteiger partial charge in [0.2, 0.25) is 0 Å². The average Bonchev–Trinajstić information content (AvgIpc) is 3.21. The quantitative estimate of drug-likeness (QED) is 0.345. The van der Waals surface area contributed by atoms with Crippen LogP contribution < -0.4 is 10.6 Å². The highest BCUT2D eigenvalue weighted by Crippen LogP contribution is 2.42. The van der Waals surface area contributed by atoms with Crippen molar-refractivity contribution in [2.75, 3.05) is 25.9 Å². The van der Waals surface area contributed by atoms with Crippen LogP contribution in [-0.2, 0) is 22.8 Å². The molecule has 0 saturated heterocycles. The topological polar surface area (TPSA) is 85.4 Å². The Balaban J connectivity index is 1.23. The molecule has 0 radical (unpaired) electrons. The zero-order valence-electron chi connectivity index (χ0n) is 22.2. The number of hydrogen-bond acceptors (Lipinski definition) is 6. The van der Waals surface area contributed by atoms with Crippen molar-refractivity contribution >= 4 is 26.7 Å². The molecule has 1 aromatic heterocycles.